The van der Waals surface area contributed by atoms with Crippen LogP contribution in [0.1, 0.15) is 23.5 Å². The number of benzene rings is 2. The highest BCUT2D eigenvalue weighted by atomic mass is 16.7. The summed E-state index contributed by atoms with van der Waals surface area (Å²) in [5, 5.41) is 12.3. The molecule has 2 aromatic rings. The summed E-state index contributed by atoms with van der Waals surface area (Å²) in [6, 6.07) is 10.7. The van der Waals surface area contributed by atoms with Crippen molar-refractivity contribution in [2.24, 2.45) is 0 Å². The maximum absolute atomic E-state index is 11.9. The lowest BCUT2D eigenvalue weighted by Crippen LogP contribution is -2.23. The first-order valence-corrected chi connectivity index (χ1v) is 6.73. The van der Waals surface area contributed by atoms with Crippen LogP contribution in [0.4, 0.5) is 5.69 Å². The Labute approximate surface area is 121 Å². The van der Waals surface area contributed by atoms with Crippen LogP contribution in [0.15, 0.2) is 36.4 Å². The standard InChI is InChI=1S/C16H13NO4/c18-10-3-1-9(2-4-10)11-6-16(19)17-13-7-15-14(5-12(11)13)20-8-21-15/h1-5,7,11,18H,6,8H2,(H,17,19). The van der Waals surface area contributed by atoms with Gasteiger partial charge in [0.1, 0.15) is 5.75 Å². The van der Waals surface area contributed by atoms with E-state index in [0.717, 1.165) is 16.8 Å². The number of aromatic hydroxyl groups is 1. The first-order chi connectivity index (χ1) is 10.2. The zero-order chi connectivity index (χ0) is 14.4. The summed E-state index contributed by atoms with van der Waals surface area (Å²) in [6.45, 7) is 0.204. The molecule has 0 spiro atoms. The lowest BCUT2D eigenvalue weighted by molar-refractivity contribution is -0.116. The number of amides is 1. The van der Waals surface area contributed by atoms with Gasteiger partial charge in [0.05, 0.1) is 0 Å². The molecule has 4 rings (SSSR count). The van der Waals surface area contributed by atoms with E-state index in [1.165, 1.54) is 0 Å². The van der Waals surface area contributed by atoms with Gasteiger partial charge in [-0.25, -0.2) is 0 Å². The molecule has 106 valence electrons. The van der Waals surface area contributed by atoms with Crippen molar-refractivity contribution >= 4 is 11.6 Å². The van der Waals surface area contributed by atoms with Crippen molar-refractivity contribution < 1.29 is 19.4 Å². The number of anilines is 1. The Bertz CT molecular complexity index is 724. The third kappa shape index (κ3) is 1.98. The molecular formula is C16H13NO4. The molecule has 1 unspecified atom stereocenters. The van der Waals surface area contributed by atoms with Crippen LogP contribution >= 0.6 is 0 Å². The predicted octanol–water partition coefficient (Wildman–Crippen LogP) is 2.59. The number of carbonyl (C=O) groups is 1. The van der Waals surface area contributed by atoms with Gasteiger partial charge >= 0.3 is 0 Å². The summed E-state index contributed by atoms with van der Waals surface area (Å²) in [6.07, 6.45) is 0.372. The Morgan fingerprint density at radius 3 is 2.57 bits per heavy atom. The summed E-state index contributed by atoms with van der Waals surface area (Å²) in [7, 11) is 0. The maximum atomic E-state index is 11.9. The van der Waals surface area contributed by atoms with E-state index in [9.17, 15) is 9.90 Å². The lowest BCUT2D eigenvalue weighted by atomic mass is 9.84. The minimum Gasteiger partial charge on any atom is -0.508 e. The fourth-order valence-electron chi connectivity index (χ4n) is 2.85. The molecule has 5 nitrogen and oxygen atoms in total. The van der Waals surface area contributed by atoms with Gasteiger partial charge in [-0.15, -0.1) is 0 Å². The van der Waals surface area contributed by atoms with E-state index in [1.54, 1.807) is 12.1 Å². The van der Waals surface area contributed by atoms with Gasteiger partial charge in [-0.1, -0.05) is 12.1 Å². The number of hydrogen-bond donors (Lipinski definition) is 2. The summed E-state index contributed by atoms with van der Waals surface area (Å²) >= 11 is 0. The molecule has 0 aromatic heterocycles. The van der Waals surface area contributed by atoms with Gasteiger partial charge in [-0.2, -0.15) is 0 Å². The molecule has 1 amide bonds. The second-order valence-corrected chi connectivity index (χ2v) is 5.19. The Balaban J connectivity index is 1.83. The monoisotopic (exact) mass is 283 g/mol. The molecule has 0 bridgehead atoms. The molecule has 21 heavy (non-hydrogen) atoms. The van der Waals surface area contributed by atoms with Crippen molar-refractivity contribution in [3.63, 3.8) is 0 Å². The quantitative estimate of drug-likeness (QED) is 0.844. The van der Waals surface area contributed by atoms with E-state index >= 15 is 0 Å². The minimum absolute atomic E-state index is 0.0283. The summed E-state index contributed by atoms with van der Waals surface area (Å²) in [5.74, 6) is 1.49. The average Bonchev–Trinajstić information content (AvgIpc) is 2.92. The summed E-state index contributed by atoms with van der Waals surface area (Å²) in [5.41, 5.74) is 2.75. The molecule has 0 saturated carbocycles. The van der Waals surface area contributed by atoms with E-state index in [0.29, 0.717) is 17.9 Å². The number of carbonyl (C=O) groups excluding carboxylic acids is 1. The molecule has 2 N–H and O–H groups in total. The minimum atomic E-state index is -0.0520. The van der Waals surface area contributed by atoms with E-state index in [4.69, 9.17) is 9.47 Å². The number of ether oxygens (including phenoxy) is 2. The number of nitrogens with one attached hydrogen (secondary N) is 1. The molecule has 5 heteroatoms. The number of rotatable bonds is 1. The van der Waals surface area contributed by atoms with Gasteiger partial charge in [0.15, 0.2) is 11.5 Å². The maximum Gasteiger partial charge on any atom is 0.231 e. The van der Waals surface area contributed by atoms with Gasteiger partial charge in [0, 0.05) is 24.1 Å². The van der Waals surface area contributed by atoms with Crippen LogP contribution in [-0.2, 0) is 4.79 Å². The second-order valence-electron chi connectivity index (χ2n) is 5.19. The van der Waals surface area contributed by atoms with E-state index in [-0.39, 0.29) is 24.4 Å². The van der Waals surface area contributed by atoms with Crippen molar-refractivity contribution in [3.05, 3.63) is 47.5 Å². The first kappa shape index (κ1) is 12.1. The average molecular weight is 283 g/mol. The van der Waals surface area contributed by atoms with Crippen LogP contribution in [0, 0.1) is 0 Å². The molecule has 2 aliphatic rings. The summed E-state index contributed by atoms with van der Waals surface area (Å²) < 4.78 is 10.8. The Kier molecular flexibility index (Phi) is 2.54. The Morgan fingerprint density at radius 2 is 1.81 bits per heavy atom. The normalized spacial score (nSPS) is 19.0. The highest BCUT2D eigenvalue weighted by Crippen LogP contribution is 2.44. The molecule has 0 radical (unpaired) electrons. The number of fused-ring (bicyclic) bond motifs is 2. The topological polar surface area (TPSA) is 67.8 Å². The number of phenols is 1. The molecule has 2 aromatic carbocycles. The smallest absolute Gasteiger partial charge is 0.231 e. The third-order valence-corrected chi connectivity index (χ3v) is 3.88. The SMILES string of the molecule is O=C1CC(c2ccc(O)cc2)c2cc3c(cc2N1)OCO3. The first-order valence-electron chi connectivity index (χ1n) is 6.73. The Morgan fingerprint density at radius 1 is 1.10 bits per heavy atom. The lowest BCUT2D eigenvalue weighted by Gasteiger charge is -2.26. The number of phenolic OH excluding ortho intramolecular Hbond substituents is 1. The molecule has 1 atom stereocenters. The van der Waals surface area contributed by atoms with E-state index < -0.39 is 0 Å². The van der Waals surface area contributed by atoms with Gasteiger partial charge in [0.2, 0.25) is 12.7 Å². The molecule has 0 aliphatic carbocycles. The van der Waals surface area contributed by atoms with Crippen LogP contribution < -0.4 is 14.8 Å². The molecule has 0 fully saturated rings. The van der Waals surface area contributed by atoms with Gasteiger partial charge in [-0.05, 0) is 29.3 Å². The zero-order valence-electron chi connectivity index (χ0n) is 11.1. The Hall–Kier alpha value is -2.69. The second kappa shape index (κ2) is 4.41. The molecule has 2 heterocycles. The van der Waals surface area contributed by atoms with Crippen molar-refractivity contribution in [2.45, 2.75) is 12.3 Å². The van der Waals surface area contributed by atoms with Crippen LogP contribution in [0.25, 0.3) is 0 Å². The number of hydrogen-bond acceptors (Lipinski definition) is 4. The fraction of sp³-hybridized carbons (Fsp3) is 0.188. The van der Waals surface area contributed by atoms with Crippen molar-refractivity contribution in [1.82, 2.24) is 0 Å². The van der Waals surface area contributed by atoms with Gasteiger partial charge in [0.25, 0.3) is 0 Å². The fourth-order valence-corrected chi connectivity index (χ4v) is 2.85. The zero-order valence-corrected chi connectivity index (χ0v) is 11.1. The van der Waals surface area contributed by atoms with Crippen molar-refractivity contribution in [2.75, 3.05) is 12.1 Å². The van der Waals surface area contributed by atoms with Gasteiger partial charge < -0.3 is 19.9 Å². The van der Waals surface area contributed by atoms with E-state index in [2.05, 4.69) is 5.32 Å². The molecular weight excluding hydrogens is 270 g/mol. The van der Waals surface area contributed by atoms with Crippen LogP contribution in [0.5, 0.6) is 17.2 Å². The highest BCUT2D eigenvalue weighted by molar-refractivity contribution is 5.96. The largest absolute Gasteiger partial charge is 0.508 e. The van der Waals surface area contributed by atoms with Crippen LogP contribution in [0.3, 0.4) is 0 Å². The van der Waals surface area contributed by atoms with E-state index in [1.807, 2.05) is 24.3 Å². The van der Waals surface area contributed by atoms with Crippen molar-refractivity contribution in [1.29, 1.82) is 0 Å². The molecule has 0 saturated heterocycles. The van der Waals surface area contributed by atoms with Crippen LogP contribution in [0.2, 0.25) is 0 Å². The third-order valence-electron chi connectivity index (χ3n) is 3.88. The van der Waals surface area contributed by atoms with Crippen LogP contribution in [-0.4, -0.2) is 17.8 Å². The van der Waals surface area contributed by atoms with Gasteiger partial charge in [-0.3, -0.25) is 4.79 Å². The summed E-state index contributed by atoms with van der Waals surface area (Å²) in [4.78, 5) is 11.9. The van der Waals surface area contributed by atoms with Crippen molar-refractivity contribution in [3.8, 4) is 17.2 Å². The predicted molar refractivity (Wildman–Crippen MR) is 75.8 cm³/mol. The highest BCUT2D eigenvalue weighted by Gasteiger charge is 2.29. The molecule has 2 aliphatic heterocycles.